The second-order valence-electron chi connectivity index (χ2n) is 6.79. The SMILES string of the molecule is Cc1cccc(NC(=O)COC(=O)C2(c3ccc(F)cc3)CCCC2)c1. The van der Waals surface area contributed by atoms with Crippen molar-refractivity contribution < 1.29 is 18.7 Å². The topological polar surface area (TPSA) is 55.4 Å². The zero-order chi connectivity index (χ0) is 18.6. The lowest BCUT2D eigenvalue weighted by atomic mass is 9.79. The van der Waals surface area contributed by atoms with E-state index in [1.165, 1.54) is 12.1 Å². The van der Waals surface area contributed by atoms with Gasteiger partial charge < -0.3 is 10.1 Å². The largest absolute Gasteiger partial charge is 0.455 e. The smallest absolute Gasteiger partial charge is 0.317 e. The third-order valence-corrected chi connectivity index (χ3v) is 4.88. The molecule has 0 unspecified atom stereocenters. The first-order valence-corrected chi connectivity index (χ1v) is 8.79. The van der Waals surface area contributed by atoms with E-state index in [1.807, 2.05) is 25.1 Å². The van der Waals surface area contributed by atoms with E-state index >= 15 is 0 Å². The van der Waals surface area contributed by atoms with Gasteiger partial charge in [-0.05, 0) is 55.2 Å². The standard InChI is InChI=1S/C21H22FNO3/c1-15-5-4-6-18(13-15)23-19(24)14-26-20(25)21(11-2-3-12-21)16-7-9-17(22)10-8-16/h4-10,13H,2-3,11-12,14H2,1H3,(H,23,24). The van der Waals surface area contributed by atoms with Gasteiger partial charge in [0.25, 0.3) is 5.91 Å². The summed E-state index contributed by atoms with van der Waals surface area (Å²) in [4.78, 5) is 24.9. The van der Waals surface area contributed by atoms with E-state index in [1.54, 1.807) is 18.2 Å². The van der Waals surface area contributed by atoms with Crippen molar-refractivity contribution in [2.45, 2.75) is 38.0 Å². The van der Waals surface area contributed by atoms with Crippen LogP contribution in [0.3, 0.4) is 0 Å². The summed E-state index contributed by atoms with van der Waals surface area (Å²) in [5.74, 6) is -1.13. The van der Waals surface area contributed by atoms with Crippen molar-refractivity contribution in [3.05, 3.63) is 65.5 Å². The molecule has 0 radical (unpaired) electrons. The minimum atomic E-state index is -0.780. The van der Waals surface area contributed by atoms with Crippen LogP contribution in [0.4, 0.5) is 10.1 Å². The molecule has 4 nitrogen and oxygen atoms in total. The second-order valence-corrected chi connectivity index (χ2v) is 6.79. The van der Waals surface area contributed by atoms with Gasteiger partial charge >= 0.3 is 5.97 Å². The molecule has 0 aromatic heterocycles. The lowest BCUT2D eigenvalue weighted by Gasteiger charge is -2.27. The number of benzene rings is 2. The number of carbonyl (C=O) groups excluding carboxylic acids is 2. The number of ether oxygens (including phenoxy) is 1. The first kappa shape index (κ1) is 18.1. The summed E-state index contributed by atoms with van der Waals surface area (Å²) in [5.41, 5.74) is 1.67. The Morgan fingerprint density at radius 1 is 1.12 bits per heavy atom. The van der Waals surface area contributed by atoms with E-state index in [0.717, 1.165) is 24.0 Å². The maximum absolute atomic E-state index is 13.2. The van der Waals surface area contributed by atoms with E-state index in [4.69, 9.17) is 4.74 Å². The van der Waals surface area contributed by atoms with E-state index in [2.05, 4.69) is 5.32 Å². The summed E-state index contributed by atoms with van der Waals surface area (Å²) in [6, 6.07) is 13.4. The van der Waals surface area contributed by atoms with Crippen LogP contribution in [0.1, 0.15) is 36.8 Å². The fourth-order valence-electron chi connectivity index (χ4n) is 3.55. The Morgan fingerprint density at radius 2 is 1.81 bits per heavy atom. The van der Waals surface area contributed by atoms with Gasteiger partial charge in [-0.1, -0.05) is 37.1 Å². The van der Waals surface area contributed by atoms with Gasteiger partial charge in [0.05, 0.1) is 5.41 Å². The van der Waals surface area contributed by atoms with Crippen molar-refractivity contribution >= 4 is 17.6 Å². The quantitative estimate of drug-likeness (QED) is 0.821. The molecule has 5 heteroatoms. The lowest BCUT2D eigenvalue weighted by molar-refractivity contribution is -0.153. The number of hydrogen-bond donors (Lipinski definition) is 1. The first-order chi connectivity index (χ1) is 12.5. The van der Waals surface area contributed by atoms with E-state index in [9.17, 15) is 14.0 Å². The van der Waals surface area contributed by atoms with Crippen molar-refractivity contribution in [2.75, 3.05) is 11.9 Å². The van der Waals surface area contributed by atoms with Crippen molar-refractivity contribution in [3.63, 3.8) is 0 Å². The average Bonchev–Trinajstić information content (AvgIpc) is 3.11. The molecule has 1 N–H and O–H groups in total. The van der Waals surface area contributed by atoms with E-state index in [-0.39, 0.29) is 18.3 Å². The highest BCUT2D eigenvalue weighted by Crippen LogP contribution is 2.42. The normalized spacial score (nSPS) is 15.5. The summed E-state index contributed by atoms with van der Waals surface area (Å²) in [6.45, 7) is 1.60. The summed E-state index contributed by atoms with van der Waals surface area (Å²) in [5, 5.41) is 2.72. The molecule has 0 spiro atoms. The van der Waals surface area contributed by atoms with Crippen LogP contribution in [0.25, 0.3) is 0 Å². The molecule has 1 fully saturated rings. The second kappa shape index (κ2) is 7.68. The van der Waals surface area contributed by atoms with Crippen LogP contribution in [0, 0.1) is 12.7 Å². The number of hydrogen-bond acceptors (Lipinski definition) is 3. The predicted molar refractivity (Wildman–Crippen MR) is 97.3 cm³/mol. The number of esters is 1. The van der Waals surface area contributed by atoms with Gasteiger partial charge in [0.15, 0.2) is 6.61 Å². The van der Waals surface area contributed by atoms with E-state index < -0.39 is 11.4 Å². The molecule has 0 heterocycles. The summed E-state index contributed by atoms with van der Waals surface area (Å²) >= 11 is 0. The molecule has 1 amide bonds. The van der Waals surface area contributed by atoms with Crippen molar-refractivity contribution in [2.24, 2.45) is 0 Å². The molecule has 0 aliphatic heterocycles. The Labute approximate surface area is 152 Å². The maximum atomic E-state index is 13.2. The molecular weight excluding hydrogens is 333 g/mol. The van der Waals surface area contributed by atoms with Gasteiger partial charge in [0, 0.05) is 5.69 Å². The molecule has 0 bridgehead atoms. The number of halogens is 1. The highest BCUT2D eigenvalue weighted by atomic mass is 19.1. The van der Waals surface area contributed by atoms with Gasteiger partial charge in [0.1, 0.15) is 5.82 Å². The number of amides is 1. The van der Waals surface area contributed by atoms with Crippen molar-refractivity contribution in [1.29, 1.82) is 0 Å². The molecule has 3 rings (SSSR count). The number of rotatable bonds is 5. The molecule has 2 aromatic rings. The summed E-state index contributed by atoms with van der Waals surface area (Å²) in [7, 11) is 0. The highest BCUT2D eigenvalue weighted by molar-refractivity contribution is 5.94. The fraction of sp³-hybridized carbons (Fsp3) is 0.333. The van der Waals surface area contributed by atoms with E-state index in [0.29, 0.717) is 18.5 Å². The van der Waals surface area contributed by atoms with Gasteiger partial charge in [-0.2, -0.15) is 0 Å². The van der Waals surface area contributed by atoms with Gasteiger partial charge in [0.2, 0.25) is 0 Å². The molecule has 26 heavy (non-hydrogen) atoms. The van der Waals surface area contributed by atoms with Crippen LogP contribution < -0.4 is 5.32 Å². The number of nitrogens with one attached hydrogen (secondary N) is 1. The number of aryl methyl sites for hydroxylation is 1. The minimum Gasteiger partial charge on any atom is -0.455 e. The maximum Gasteiger partial charge on any atom is 0.317 e. The number of anilines is 1. The van der Waals surface area contributed by atoms with Crippen LogP contribution >= 0.6 is 0 Å². The predicted octanol–water partition coefficient (Wildman–Crippen LogP) is 4.13. The Bertz CT molecular complexity index is 795. The lowest BCUT2D eigenvalue weighted by Crippen LogP contribution is -2.36. The van der Waals surface area contributed by atoms with Crippen LogP contribution in [0.15, 0.2) is 48.5 Å². The summed E-state index contributed by atoms with van der Waals surface area (Å²) < 4.78 is 18.6. The van der Waals surface area contributed by atoms with Crippen LogP contribution in [-0.4, -0.2) is 18.5 Å². The Kier molecular flexibility index (Phi) is 5.35. The third kappa shape index (κ3) is 3.93. The van der Waals surface area contributed by atoms with Crippen molar-refractivity contribution in [3.8, 4) is 0 Å². The monoisotopic (exact) mass is 355 g/mol. The van der Waals surface area contributed by atoms with Crippen molar-refractivity contribution in [1.82, 2.24) is 0 Å². The Morgan fingerprint density at radius 3 is 2.46 bits per heavy atom. The zero-order valence-corrected chi connectivity index (χ0v) is 14.8. The molecule has 1 saturated carbocycles. The van der Waals surface area contributed by atoms with Gasteiger partial charge in [-0.25, -0.2) is 4.39 Å². The molecule has 1 aliphatic rings. The average molecular weight is 355 g/mol. The first-order valence-electron chi connectivity index (χ1n) is 8.79. The Balaban J connectivity index is 1.65. The fourth-order valence-corrected chi connectivity index (χ4v) is 3.55. The highest BCUT2D eigenvalue weighted by Gasteiger charge is 2.44. The molecule has 2 aromatic carbocycles. The van der Waals surface area contributed by atoms with Crippen LogP contribution in [-0.2, 0) is 19.7 Å². The van der Waals surface area contributed by atoms with Crippen LogP contribution in [0.5, 0.6) is 0 Å². The Hall–Kier alpha value is -2.69. The molecule has 0 atom stereocenters. The summed E-state index contributed by atoms with van der Waals surface area (Å²) in [6.07, 6.45) is 3.11. The molecule has 1 aliphatic carbocycles. The number of carbonyl (C=O) groups is 2. The zero-order valence-electron chi connectivity index (χ0n) is 14.8. The van der Waals surface area contributed by atoms with Gasteiger partial charge in [-0.3, -0.25) is 9.59 Å². The van der Waals surface area contributed by atoms with Gasteiger partial charge in [-0.15, -0.1) is 0 Å². The molecular formula is C21H22FNO3. The third-order valence-electron chi connectivity index (χ3n) is 4.88. The minimum absolute atomic E-state index is 0.338. The molecule has 0 saturated heterocycles. The van der Waals surface area contributed by atoms with Crippen LogP contribution in [0.2, 0.25) is 0 Å². The molecule has 136 valence electrons.